The van der Waals surface area contributed by atoms with Gasteiger partial charge in [-0.3, -0.25) is 4.90 Å². The monoisotopic (exact) mass is 262 g/mol. The molecule has 1 aromatic rings. The van der Waals surface area contributed by atoms with Gasteiger partial charge in [-0.05, 0) is 44.3 Å². The summed E-state index contributed by atoms with van der Waals surface area (Å²) in [5.41, 5.74) is 1.38. The molecule has 0 aromatic carbocycles. The van der Waals surface area contributed by atoms with E-state index in [1.54, 1.807) is 0 Å². The zero-order valence-corrected chi connectivity index (χ0v) is 12.0. The van der Waals surface area contributed by atoms with Crippen molar-refractivity contribution in [1.29, 1.82) is 0 Å². The fraction of sp³-hybridized carbons (Fsp3) is 0.750. The van der Waals surface area contributed by atoms with Crippen LogP contribution in [0.15, 0.2) is 16.7 Å². The Morgan fingerprint density at radius 2 is 2.21 bits per heavy atom. The van der Waals surface area contributed by atoms with Crippen LogP contribution in [-0.2, 0) is 13.1 Å². The molecule has 1 aliphatic carbocycles. The number of nitrogens with one attached hydrogen (secondary N) is 1. The third-order valence-electron chi connectivity index (χ3n) is 4.87. The third-order valence-corrected chi connectivity index (χ3v) is 4.87. The second-order valence-corrected chi connectivity index (χ2v) is 6.02. The second-order valence-electron chi connectivity index (χ2n) is 6.02. The Labute approximate surface area is 116 Å². The summed E-state index contributed by atoms with van der Waals surface area (Å²) in [6, 6.07) is 3.00. The van der Waals surface area contributed by atoms with Gasteiger partial charge in [0.05, 0.1) is 12.8 Å². The average molecular weight is 262 g/mol. The lowest BCUT2D eigenvalue weighted by Crippen LogP contribution is -2.34. The van der Waals surface area contributed by atoms with Crippen LogP contribution in [0.1, 0.15) is 50.4 Å². The van der Waals surface area contributed by atoms with E-state index in [9.17, 15) is 0 Å². The Bertz CT molecular complexity index is 401. The molecule has 2 atom stereocenters. The molecule has 1 N–H and O–H groups in total. The SMILES string of the molecule is CCNCc1occc1CN1CCC2CCCCC21. The van der Waals surface area contributed by atoms with Crippen LogP contribution in [-0.4, -0.2) is 24.0 Å². The zero-order chi connectivity index (χ0) is 13.1. The summed E-state index contributed by atoms with van der Waals surface area (Å²) in [5.74, 6) is 2.10. The summed E-state index contributed by atoms with van der Waals surface area (Å²) in [5, 5.41) is 3.36. The molecule has 3 heteroatoms. The molecule has 0 amide bonds. The maximum atomic E-state index is 5.62. The Hall–Kier alpha value is -0.800. The molecule has 2 unspecified atom stereocenters. The molecule has 0 bridgehead atoms. The highest BCUT2D eigenvalue weighted by Crippen LogP contribution is 2.37. The highest BCUT2D eigenvalue weighted by Gasteiger charge is 2.35. The first-order valence-corrected chi connectivity index (χ1v) is 7.88. The fourth-order valence-electron chi connectivity index (χ4n) is 3.82. The lowest BCUT2D eigenvalue weighted by molar-refractivity contribution is 0.175. The van der Waals surface area contributed by atoms with E-state index in [2.05, 4.69) is 23.2 Å². The first-order chi connectivity index (χ1) is 9.38. The largest absolute Gasteiger partial charge is 0.468 e. The molecule has 0 radical (unpaired) electrons. The Kier molecular flexibility index (Phi) is 4.24. The van der Waals surface area contributed by atoms with E-state index in [-0.39, 0.29) is 0 Å². The molecule has 1 aliphatic heterocycles. The molecule has 1 saturated carbocycles. The zero-order valence-electron chi connectivity index (χ0n) is 12.0. The second kappa shape index (κ2) is 6.10. The first-order valence-electron chi connectivity index (χ1n) is 7.88. The van der Waals surface area contributed by atoms with E-state index in [1.165, 1.54) is 44.2 Å². The highest BCUT2D eigenvalue weighted by molar-refractivity contribution is 5.17. The summed E-state index contributed by atoms with van der Waals surface area (Å²) >= 11 is 0. The summed E-state index contributed by atoms with van der Waals surface area (Å²) in [4.78, 5) is 2.70. The highest BCUT2D eigenvalue weighted by atomic mass is 16.3. The van der Waals surface area contributed by atoms with Crippen molar-refractivity contribution in [2.24, 2.45) is 5.92 Å². The number of fused-ring (bicyclic) bond motifs is 1. The topological polar surface area (TPSA) is 28.4 Å². The van der Waals surface area contributed by atoms with Crippen molar-refractivity contribution in [3.63, 3.8) is 0 Å². The third kappa shape index (κ3) is 2.87. The van der Waals surface area contributed by atoms with Gasteiger partial charge in [-0.15, -0.1) is 0 Å². The maximum absolute atomic E-state index is 5.62. The number of likely N-dealkylation sites (tertiary alicyclic amines) is 1. The van der Waals surface area contributed by atoms with Crippen LogP contribution in [0, 0.1) is 5.92 Å². The molecule has 2 fully saturated rings. The van der Waals surface area contributed by atoms with Crippen molar-refractivity contribution in [2.45, 2.75) is 58.2 Å². The minimum Gasteiger partial charge on any atom is -0.468 e. The van der Waals surface area contributed by atoms with Gasteiger partial charge in [-0.2, -0.15) is 0 Å². The van der Waals surface area contributed by atoms with E-state index in [4.69, 9.17) is 4.42 Å². The van der Waals surface area contributed by atoms with Gasteiger partial charge in [0, 0.05) is 18.2 Å². The van der Waals surface area contributed by atoms with Crippen molar-refractivity contribution >= 4 is 0 Å². The number of rotatable bonds is 5. The van der Waals surface area contributed by atoms with Crippen LogP contribution in [0.5, 0.6) is 0 Å². The predicted molar refractivity (Wildman–Crippen MR) is 76.9 cm³/mol. The summed E-state index contributed by atoms with van der Waals surface area (Å²) in [7, 11) is 0. The minimum absolute atomic E-state index is 0.843. The molecule has 2 heterocycles. The number of hydrogen-bond acceptors (Lipinski definition) is 3. The van der Waals surface area contributed by atoms with Crippen molar-refractivity contribution in [3.8, 4) is 0 Å². The van der Waals surface area contributed by atoms with Crippen LogP contribution in [0.2, 0.25) is 0 Å². The van der Waals surface area contributed by atoms with E-state index in [1.807, 2.05) is 6.26 Å². The molecule has 2 aliphatic rings. The van der Waals surface area contributed by atoms with Crippen molar-refractivity contribution in [3.05, 3.63) is 23.7 Å². The van der Waals surface area contributed by atoms with Crippen LogP contribution >= 0.6 is 0 Å². The fourth-order valence-corrected chi connectivity index (χ4v) is 3.82. The Morgan fingerprint density at radius 1 is 1.32 bits per heavy atom. The molecular weight excluding hydrogens is 236 g/mol. The molecule has 3 rings (SSSR count). The molecule has 0 spiro atoms. The number of nitrogens with zero attached hydrogens (tertiary/aromatic N) is 1. The smallest absolute Gasteiger partial charge is 0.122 e. The Balaban J connectivity index is 1.63. The normalized spacial score (nSPS) is 27.6. The molecule has 106 valence electrons. The lowest BCUT2D eigenvalue weighted by atomic mass is 9.85. The standard InChI is InChI=1S/C16H26N2O/c1-2-17-11-16-14(8-10-19-16)12-18-9-7-13-5-3-4-6-15(13)18/h8,10,13,15,17H,2-7,9,11-12H2,1H3. The molecule has 3 nitrogen and oxygen atoms in total. The van der Waals surface area contributed by atoms with Crippen molar-refractivity contribution in [1.82, 2.24) is 10.2 Å². The maximum Gasteiger partial charge on any atom is 0.122 e. The van der Waals surface area contributed by atoms with Crippen molar-refractivity contribution < 1.29 is 4.42 Å². The van der Waals surface area contributed by atoms with Gasteiger partial charge in [0.1, 0.15) is 5.76 Å². The van der Waals surface area contributed by atoms with Gasteiger partial charge in [0.15, 0.2) is 0 Å². The molecule has 19 heavy (non-hydrogen) atoms. The van der Waals surface area contributed by atoms with E-state index < -0.39 is 0 Å². The predicted octanol–water partition coefficient (Wildman–Crippen LogP) is 3.15. The molecule has 1 saturated heterocycles. The van der Waals surface area contributed by atoms with Crippen LogP contribution in [0.4, 0.5) is 0 Å². The van der Waals surface area contributed by atoms with E-state index in [0.717, 1.165) is 37.4 Å². The van der Waals surface area contributed by atoms with Gasteiger partial charge in [0.2, 0.25) is 0 Å². The average Bonchev–Trinajstić information content (AvgIpc) is 3.05. The summed E-state index contributed by atoms with van der Waals surface area (Å²) in [6.45, 7) is 6.35. The van der Waals surface area contributed by atoms with Gasteiger partial charge in [-0.1, -0.05) is 19.8 Å². The van der Waals surface area contributed by atoms with E-state index >= 15 is 0 Å². The number of furan rings is 1. The molecule has 1 aromatic heterocycles. The van der Waals surface area contributed by atoms with Gasteiger partial charge >= 0.3 is 0 Å². The van der Waals surface area contributed by atoms with Crippen molar-refractivity contribution in [2.75, 3.05) is 13.1 Å². The number of hydrogen-bond donors (Lipinski definition) is 1. The minimum atomic E-state index is 0.843. The van der Waals surface area contributed by atoms with Crippen LogP contribution in [0.25, 0.3) is 0 Å². The first kappa shape index (κ1) is 13.2. The summed E-state index contributed by atoms with van der Waals surface area (Å²) < 4.78 is 5.62. The molecular formula is C16H26N2O. The van der Waals surface area contributed by atoms with Crippen LogP contribution < -0.4 is 5.32 Å². The lowest BCUT2D eigenvalue weighted by Gasteiger charge is -2.31. The Morgan fingerprint density at radius 3 is 3.11 bits per heavy atom. The van der Waals surface area contributed by atoms with E-state index in [0.29, 0.717) is 0 Å². The quantitative estimate of drug-likeness (QED) is 0.883. The van der Waals surface area contributed by atoms with Crippen LogP contribution in [0.3, 0.4) is 0 Å². The van der Waals surface area contributed by atoms with Gasteiger partial charge in [0.25, 0.3) is 0 Å². The summed E-state index contributed by atoms with van der Waals surface area (Å²) in [6.07, 6.45) is 8.99. The van der Waals surface area contributed by atoms with Gasteiger partial charge in [-0.25, -0.2) is 0 Å². The van der Waals surface area contributed by atoms with Gasteiger partial charge < -0.3 is 9.73 Å².